The van der Waals surface area contributed by atoms with Gasteiger partial charge < -0.3 is 5.11 Å². The van der Waals surface area contributed by atoms with Crippen molar-refractivity contribution in [1.29, 1.82) is 0 Å². The third-order valence-electron chi connectivity index (χ3n) is 3.14. The molecule has 0 saturated carbocycles. The van der Waals surface area contributed by atoms with Crippen LogP contribution in [0.4, 0.5) is 0 Å². The first-order chi connectivity index (χ1) is 7.85. The molecule has 96 valence electrons. The number of aliphatic hydroxyl groups is 1. The van der Waals surface area contributed by atoms with E-state index in [4.69, 9.17) is 0 Å². The molecule has 0 spiro atoms. The van der Waals surface area contributed by atoms with Crippen molar-refractivity contribution in [3.05, 3.63) is 35.4 Å². The Balaban J connectivity index is 3.09. The van der Waals surface area contributed by atoms with Gasteiger partial charge in [0.25, 0.3) is 0 Å². The lowest BCUT2D eigenvalue weighted by molar-refractivity contribution is -0.00503. The average Bonchev–Trinajstić information content (AvgIpc) is 2.15. The molecule has 1 nitrogen and oxygen atoms in total. The van der Waals surface area contributed by atoms with E-state index < -0.39 is 5.60 Å². The topological polar surface area (TPSA) is 20.2 Å². The van der Waals surface area contributed by atoms with E-state index in [0.29, 0.717) is 11.8 Å². The molecule has 1 N–H and O–H groups in total. The largest absolute Gasteiger partial charge is 0.385 e. The maximum atomic E-state index is 11.0. The van der Waals surface area contributed by atoms with Crippen LogP contribution in [0, 0.1) is 18.8 Å². The molecule has 0 aliphatic heterocycles. The molecule has 17 heavy (non-hydrogen) atoms. The third kappa shape index (κ3) is 3.85. The summed E-state index contributed by atoms with van der Waals surface area (Å²) in [5.41, 5.74) is 1.62. The van der Waals surface area contributed by atoms with Crippen molar-refractivity contribution in [2.24, 2.45) is 11.8 Å². The van der Waals surface area contributed by atoms with E-state index in [-0.39, 0.29) is 0 Å². The van der Waals surface area contributed by atoms with Crippen LogP contribution in [-0.2, 0) is 5.60 Å². The van der Waals surface area contributed by atoms with Crippen molar-refractivity contribution >= 4 is 0 Å². The Morgan fingerprint density at radius 1 is 1.00 bits per heavy atom. The van der Waals surface area contributed by atoms with Crippen LogP contribution < -0.4 is 0 Å². The Bertz CT molecular complexity index is 342. The molecule has 0 amide bonds. The molecule has 1 rings (SSSR count). The maximum absolute atomic E-state index is 11.0. The predicted octanol–water partition coefficient (Wildman–Crippen LogP) is 4.27. The summed E-state index contributed by atoms with van der Waals surface area (Å²) in [4.78, 5) is 0. The highest BCUT2D eigenvalue weighted by Gasteiger charge is 2.32. The molecular weight excluding hydrogens is 208 g/mol. The first-order valence-corrected chi connectivity index (χ1v) is 6.63. The maximum Gasteiger partial charge on any atom is 0.0904 e. The standard InChI is InChI=1S/C16H26O/c1-12(2)10-16(17,11-13(3)4)15-9-7-6-8-14(15)5/h6-9,12-13,17H,10-11H2,1-5H3. The van der Waals surface area contributed by atoms with Crippen LogP contribution in [0.1, 0.15) is 51.7 Å². The highest BCUT2D eigenvalue weighted by molar-refractivity contribution is 5.31. The Kier molecular flexibility index (Phi) is 4.76. The smallest absolute Gasteiger partial charge is 0.0904 e. The highest BCUT2D eigenvalue weighted by Crippen LogP contribution is 2.36. The van der Waals surface area contributed by atoms with E-state index in [0.717, 1.165) is 18.4 Å². The predicted molar refractivity (Wildman–Crippen MR) is 74.0 cm³/mol. The molecule has 1 aromatic rings. The number of aryl methyl sites for hydroxylation is 1. The van der Waals surface area contributed by atoms with Gasteiger partial charge in [-0.3, -0.25) is 0 Å². The zero-order valence-electron chi connectivity index (χ0n) is 11.8. The third-order valence-corrected chi connectivity index (χ3v) is 3.14. The van der Waals surface area contributed by atoms with Crippen molar-refractivity contribution in [1.82, 2.24) is 0 Å². The van der Waals surface area contributed by atoms with Gasteiger partial charge in [0.2, 0.25) is 0 Å². The second kappa shape index (κ2) is 5.68. The Morgan fingerprint density at radius 3 is 1.88 bits per heavy atom. The summed E-state index contributed by atoms with van der Waals surface area (Å²) in [7, 11) is 0. The Morgan fingerprint density at radius 2 is 1.47 bits per heavy atom. The molecule has 0 bridgehead atoms. The summed E-state index contributed by atoms with van der Waals surface area (Å²) >= 11 is 0. The molecule has 0 aliphatic carbocycles. The van der Waals surface area contributed by atoms with Crippen molar-refractivity contribution < 1.29 is 5.11 Å². The molecule has 0 saturated heterocycles. The van der Waals surface area contributed by atoms with Crippen LogP contribution in [0.25, 0.3) is 0 Å². The molecule has 0 fully saturated rings. The van der Waals surface area contributed by atoms with Crippen LogP contribution in [0.2, 0.25) is 0 Å². The van der Waals surface area contributed by atoms with Crippen LogP contribution in [0.15, 0.2) is 24.3 Å². The van der Waals surface area contributed by atoms with Gasteiger partial charge in [-0.1, -0.05) is 52.0 Å². The van der Waals surface area contributed by atoms with Gasteiger partial charge in [-0.15, -0.1) is 0 Å². The Labute approximate surface area is 106 Å². The van der Waals surface area contributed by atoms with Gasteiger partial charge in [-0.05, 0) is 42.7 Å². The quantitative estimate of drug-likeness (QED) is 0.806. The van der Waals surface area contributed by atoms with Crippen molar-refractivity contribution in [2.75, 3.05) is 0 Å². The summed E-state index contributed by atoms with van der Waals surface area (Å²) in [5, 5.41) is 11.0. The fourth-order valence-electron chi connectivity index (χ4n) is 2.75. The summed E-state index contributed by atoms with van der Waals surface area (Å²) in [5.74, 6) is 0.997. The fourth-order valence-corrected chi connectivity index (χ4v) is 2.75. The minimum atomic E-state index is -0.673. The van der Waals surface area contributed by atoms with Crippen molar-refractivity contribution in [3.8, 4) is 0 Å². The molecular formula is C16H26O. The lowest BCUT2D eigenvalue weighted by atomic mass is 9.78. The number of hydrogen-bond donors (Lipinski definition) is 1. The van der Waals surface area contributed by atoms with E-state index in [1.54, 1.807) is 0 Å². The summed E-state index contributed by atoms with van der Waals surface area (Å²) < 4.78 is 0. The SMILES string of the molecule is Cc1ccccc1C(O)(CC(C)C)CC(C)C. The second-order valence-electron chi connectivity index (χ2n) is 6.04. The molecule has 0 atom stereocenters. The normalized spacial score (nSPS) is 12.5. The van der Waals surface area contributed by atoms with Gasteiger partial charge in [0.15, 0.2) is 0 Å². The zero-order chi connectivity index (χ0) is 13.1. The lowest BCUT2D eigenvalue weighted by Crippen LogP contribution is -2.30. The van der Waals surface area contributed by atoms with Gasteiger partial charge in [-0.2, -0.15) is 0 Å². The number of hydrogen-bond acceptors (Lipinski definition) is 1. The lowest BCUT2D eigenvalue weighted by Gasteiger charge is -2.33. The van der Waals surface area contributed by atoms with Gasteiger partial charge in [0, 0.05) is 0 Å². The summed E-state index contributed by atoms with van der Waals surface area (Å²) in [6.07, 6.45) is 1.66. The van der Waals surface area contributed by atoms with Gasteiger partial charge in [-0.25, -0.2) is 0 Å². The van der Waals surface area contributed by atoms with Gasteiger partial charge >= 0.3 is 0 Å². The zero-order valence-corrected chi connectivity index (χ0v) is 11.8. The molecule has 0 aromatic heterocycles. The van der Waals surface area contributed by atoms with Crippen molar-refractivity contribution in [2.45, 2.75) is 53.1 Å². The second-order valence-corrected chi connectivity index (χ2v) is 6.04. The number of rotatable bonds is 5. The Hall–Kier alpha value is -0.820. The monoisotopic (exact) mass is 234 g/mol. The molecule has 0 aliphatic rings. The first kappa shape index (κ1) is 14.2. The van der Waals surface area contributed by atoms with Crippen LogP contribution in [0.5, 0.6) is 0 Å². The van der Waals surface area contributed by atoms with Gasteiger partial charge in [0.1, 0.15) is 0 Å². The van der Waals surface area contributed by atoms with E-state index >= 15 is 0 Å². The molecule has 0 heterocycles. The van der Waals surface area contributed by atoms with Crippen molar-refractivity contribution in [3.63, 3.8) is 0 Å². The van der Waals surface area contributed by atoms with Crippen LogP contribution >= 0.6 is 0 Å². The van der Waals surface area contributed by atoms with E-state index in [9.17, 15) is 5.11 Å². The summed E-state index contributed by atoms with van der Waals surface area (Å²) in [6.45, 7) is 10.8. The average molecular weight is 234 g/mol. The summed E-state index contributed by atoms with van der Waals surface area (Å²) in [6, 6.07) is 8.21. The van der Waals surface area contributed by atoms with E-state index in [2.05, 4.69) is 46.8 Å². The van der Waals surface area contributed by atoms with Crippen LogP contribution in [0.3, 0.4) is 0 Å². The highest BCUT2D eigenvalue weighted by atomic mass is 16.3. The number of benzene rings is 1. The van der Waals surface area contributed by atoms with Gasteiger partial charge in [0.05, 0.1) is 5.60 Å². The van der Waals surface area contributed by atoms with E-state index in [1.165, 1.54) is 5.56 Å². The minimum Gasteiger partial charge on any atom is -0.385 e. The fraction of sp³-hybridized carbons (Fsp3) is 0.625. The molecule has 0 radical (unpaired) electrons. The molecule has 1 aromatic carbocycles. The van der Waals surface area contributed by atoms with Crippen LogP contribution in [-0.4, -0.2) is 5.11 Å². The van der Waals surface area contributed by atoms with E-state index in [1.807, 2.05) is 12.1 Å². The first-order valence-electron chi connectivity index (χ1n) is 6.63. The minimum absolute atomic E-state index is 0.498. The molecule has 1 heteroatoms. The molecule has 0 unspecified atom stereocenters.